The van der Waals surface area contributed by atoms with Gasteiger partial charge in [-0.3, -0.25) is 23.4 Å². The highest BCUT2D eigenvalue weighted by atomic mass is 31.2. The van der Waals surface area contributed by atoms with E-state index in [1.54, 1.807) is 0 Å². The summed E-state index contributed by atoms with van der Waals surface area (Å²) in [6.07, 6.45) is 44.4. The summed E-state index contributed by atoms with van der Waals surface area (Å²) < 4.78 is 39.3. The summed E-state index contributed by atoms with van der Waals surface area (Å²) >= 11 is 0. The van der Waals surface area contributed by atoms with Crippen LogP contribution in [-0.2, 0) is 42.2 Å². The van der Waals surface area contributed by atoms with Crippen LogP contribution in [0.3, 0.4) is 0 Å². The molecule has 0 heterocycles. The normalized spacial score (nSPS) is 13.6. The van der Waals surface area contributed by atoms with Crippen molar-refractivity contribution in [3.8, 4) is 0 Å². The lowest BCUT2D eigenvalue weighted by Gasteiger charge is -2.21. The molecular weight excluding hydrogens is 832 g/mol. The maximum atomic E-state index is 12.8. The molecule has 0 aromatic rings. The van der Waals surface area contributed by atoms with E-state index in [0.29, 0.717) is 19.3 Å². The smallest absolute Gasteiger partial charge is 0.462 e. The van der Waals surface area contributed by atoms with Gasteiger partial charge in [0.05, 0.1) is 19.8 Å². The van der Waals surface area contributed by atoms with Gasteiger partial charge in [0.25, 0.3) is 0 Å². The van der Waals surface area contributed by atoms with E-state index in [-0.39, 0.29) is 25.9 Å². The Labute approximate surface area is 391 Å². The van der Waals surface area contributed by atoms with E-state index in [4.69, 9.17) is 23.3 Å². The third-order valence-electron chi connectivity index (χ3n) is 11.4. The lowest BCUT2D eigenvalue weighted by molar-refractivity contribution is -0.161. The topological polar surface area (TPSA) is 155 Å². The molecule has 0 aliphatic carbocycles. The Balaban J connectivity index is 4.73. The van der Waals surface area contributed by atoms with Crippen LogP contribution in [0.1, 0.15) is 252 Å². The molecule has 0 rings (SSSR count). The average Bonchev–Trinajstić information content (AvgIpc) is 3.28. The predicted molar refractivity (Wildman–Crippen MR) is 261 cm³/mol. The Hall–Kier alpha value is -2.04. The minimum atomic E-state index is -4.73. The number of esters is 3. The average molecular weight is 929 g/mol. The largest absolute Gasteiger partial charge is 0.472 e. The number of phosphoric ester groups is 1. The summed E-state index contributed by atoms with van der Waals surface area (Å²) in [5.74, 6) is -1.47. The number of allylic oxidation sites excluding steroid dienone is 4. The summed E-state index contributed by atoms with van der Waals surface area (Å²) in [5.41, 5.74) is 0. The Morgan fingerprint density at radius 1 is 0.438 bits per heavy atom. The molecule has 12 heteroatoms. The van der Waals surface area contributed by atoms with Crippen LogP contribution in [0.25, 0.3) is 0 Å². The Morgan fingerprint density at radius 3 is 1.22 bits per heavy atom. The molecule has 0 bridgehead atoms. The zero-order chi connectivity index (χ0) is 47.0. The number of rotatable bonds is 49. The van der Waals surface area contributed by atoms with Gasteiger partial charge in [0.2, 0.25) is 0 Å². The van der Waals surface area contributed by atoms with E-state index in [9.17, 15) is 28.9 Å². The van der Waals surface area contributed by atoms with Crippen LogP contribution >= 0.6 is 7.82 Å². The van der Waals surface area contributed by atoms with Crippen LogP contribution in [0.4, 0.5) is 0 Å². The molecule has 64 heavy (non-hydrogen) atoms. The van der Waals surface area contributed by atoms with Crippen molar-refractivity contribution in [2.24, 2.45) is 0 Å². The van der Waals surface area contributed by atoms with E-state index in [1.165, 1.54) is 109 Å². The molecule has 0 aliphatic heterocycles. The number of phosphoric acid groups is 1. The van der Waals surface area contributed by atoms with Crippen molar-refractivity contribution in [3.05, 3.63) is 24.3 Å². The van der Waals surface area contributed by atoms with E-state index in [2.05, 4.69) is 45.1 Å². The minimum absolute atomic E-state index is 0.171. The summed E-state index contributed by atoms with van der Waals surface area (Å²) in [4.78, 5) is 48.2. The third-order valence-corrected chi connectivity index (χ3v) is 12.3. The lowest BCUT2D eigenvalue weighted by Crippen LogP contribution is -2.30. The fourth-order valence-electron chi connectivity index (χ4n) is 7.34. The number of hydrogen-bond donors (Lipinski definition) is 2. The van der Waals surface area contributed by atoms with Crippen molar-refractivity contribution in [1.29, 1.82) is 0 Å². The standard InChI is InChI=1S/C52H97O11P/c1-4-7-10-13-16-19-21-23-24-26-28-31-34-37-40-43-52(56)63-49(45-59-50(54)41-38-35-32-30-27-25-22-20-17-14-11-8-5-2)47-61-64(57,58)60-46-48(44-53)62-51(55)42-39-36-33-29-18-15-12-9-6-3/h11,14,20,22,48-49,53H,4-10,12-13,15-19,21,23-47H2,1-3H3,(H,57,58)/b14-11-,22-20-. The van der Waals surface area contributed by atoms with Gasteiger partial charge >= 0.3 is 25.7 Å². The monoisotopic (exact) mass is 929 g/mol. The number of carbonyl (C=O) groups is 3. The molecule has 11 nitrogen and oxygen atoms in total. The number of unbranched alkanes of at least 4 members (excludes halogenated alkanes) is 28. The van der Waals surface area contributed by atoms with Crippen LogP contribution in [0.15, 0.2) is 24.3 Å². The maximum absolute atomic E-state index is 12.8. The highest BCUT2D eigenvalue weighted by Crippen LogP contribution is 2.43. The van der Waals surface area contributed by atoms with Gasteiger partial charge in [-0.1, -0.05) is 212 Å². The van der Waals surface area contributed by atoms with Gasteiger partial charge in [0, 0.05) is 19.3 Å². The van der Waals surface area contributed by atoms with E-state index < -0.39 is 57.8 Å². The molecule has 0 saturated carbocycles. The first-order chi connectivity index (χ1) is 31.2. The van der Waals surface area contributed by atoms with Crippen LogP contribution < -0.4 is 0 Å². The summed E-state index contributed by atoms with van der Waals surface area (Å²) in [6.45, 7) is 4.56. The highest BCUT2D eigenvalue weighted by molar-refractivity contribution is 7.47. The molecule has 376 valence electrons. The van der Waals surface area contributed by atoms with Crippen molar-refractivity contribution in [2.45, 2.75) is 264 Å². The van der Waals surface area contributed by atoms with Gasteiger partial charge in [-0.15, -0.1) is 0 Å². The third kappa shape index (κ3) is 45.1. The van der Waals surface area contributed by atoms with Crippen molar-refractivity contribution in [3.63, 3.8) is 0 Å². The second-order valence-corrected chi connectivity index (χ2v) is 19.2. The molecule has 0 aromatic heterocycles. The first-order valence-electron chi connectivity index (χ1n) is 26.2. The van der Waals surface area contributed by atoms with Gasteiger partial charge in [0.1, 0.15) is 12.7 Å². The number of aliphatic hydroxyl groups excluding tert-OH is 1. The van der Waals surface area contributed by atoms with Crippen molar-refractivity contribution in [1.82, 2.24) is 0 Å². The molecule has 0 radical (unpaired) electrons. The summed E-state index contributed by atoms with van der Waals surface area (Å²) in [6, 6.07) is 0. The fraction of sp³-hybridized carbons (Fsp3) is 0.865. The first kappa shape index (κ1) is 62.0. The lowest BCUT2D eigenvalue weighted by atomic mass is 10.0. The second-order valence-electron chi connectivity index (χ2n) is 17.7. The van der Waals surface area contributed by atoms with E-state index in [1.807, 2.05) is 0 Å². The first-order valence-corrected chi connectivity index (χ1v) is 27.7. The number of carbonyl (C=O) groups excluding carboxylic acids is 3. The Morgan fingerprint density at radius 2 is 0.797 bits per heavy atom. The quantitative estimate of drug-likeness (QED) is 0.0197. The minimum Gasteiger partial charge on any atom is -0.462 e. The summed E-state index contributed by atoms with van der Waals surface area (Å²) in [7, 11) is -4.73. The maximum Gasteiger partial charge on any atom is 0.472 e. The fourth-order valence-corrected chi connectivity index (χ4v) is 8.12. The molecular formula is C52H97O11P. The van der Waals surface area contributed by atoms with Crippen LogP contribution in [0.2, 0.25) is 0 Å². The predicted octanol–water partition coefficient (Wildman–Crippen LogP) is 14.7. The van der Waals surface area contributed by atoms with Crippen LogP contribution in [0.5, 0.6) is 0 Å². The molecule has 2 N–H and O–H groups in total. The summed E-state index contributed by atoms with van der Waals surface area (Å²) in [5, 5.41) is 9.74. The zero-order valence-electron chi connectivity index (χ0n) is 41.3. The molecule has 0 aliphatic rings. The van der Waals surface area contributed by atoms with Gasteiger partial charge in [-0.05, 0) is 44.9 Å². The van der Waals surface area contributed by atoms with Crippen LogP contribution in [0, 0.1) is 0 Å². The zero-order valence-corrected chi connectivity index (χ0v) is 42.2. The number of hydrogen-bond acceptors (Lipinski definition) is 10. The van der Waals surface area contributed by atoms with Crippen molar-refractivity contribution < 1.29 is 52.2 Å². The van der Waals surface area contributed by atoms with Crippen LogP contribution in [-0.4, -0.2) is 66.5 Å². The van der Waals surface area contributed by atoms with Gasteiger partial charge in [-0.25, -0.2) is 4.57 Å². The Kier molecular flexibility index (Phi) is 45.9. The molecule has 0 fully saturated rings. The van der Waals surface area contributed by atoms with E-state index >= 15 is 0 Å². The molecule has 0 spiro atoms. The van der Waals surface area contributed by atoms with E-state index in [0.717, 1.165) is 83.5 Å². The highest BCUT2D eigenvalue weighted by Gasteiger charge is 2.28. The van der Waals surface area contributed by atoms with Gasteiger partial charge in [0.15, 0.2) is 6.10 Å². The Bertz CT molecular complexity index is 1180. The van der Waals surface area contributed by atoms with Crippen molar-refractivity contribution >= 4 is 25.7 Å². The molecule has 0 aromatic carbocycles. The molecule has 0 saturated heterocycles. The number of ether oxygens (including phenoxy) is 3. The van der Waals surface area contributed by atoms with Gasteiger partial charge in [-0.2, -0.15) is 0 Å². The second kappa shape index (κ2) is 47.5. The molecule has 3 unspecified atom stereocenters. The number of aliphatic hydroxyl groups is 1. The van der Waals surface area contributed by atoms with Crippen molar-refractivity contribution in [2.75, 3.05) is 26.4 Å². The SMILES string of the molecule is CCC/C=C\C/C=C\CCCCCCCC(=O)OCC(COP(=O)(O)OCC(CO)OC(=O)CCCCCCCCCCC)OC(=O)CCCCCCCCCCCCCCCCC. The molecule has 0 amide bonds. The molecule has 3 atom stereocenters. The van der Waals surface area contributed by atoms with Gasteiger partial charge < -0.3 is 24.2 Å².